The van der Waals surface area contributed by atoms with Gasteiger partial charge in [-0.1, -0.05) is 0 Å². The molecule has 1 aromatic rings. The summed E-state index contributed by atoms with van der Waals surface area (Å²) in [6.45, 7) is -0.213. The van der Waals surface area contributed by atoms with Crippen molar-refractivity contribution in [1.82, 2.24) is 14.9 Å². The molecule has 0 bridgehead atoms. The predicted molar refractivity (Wildman–Crippen MR) is 54.5 cm³/mol. The Balaban J connectivity index is 2.86. The molecule has 1 rings (SSSR count). The van der Waals surface area contributed by atoms with Crippen molar-refractivity contribution < 1.29 is 23.1 Å². The molecule has 5 N–H and O–H groups in total. The summed E-state index contributed by atoms with van der Waals surface area (Å²) in [4.78, 5) is 21.1. The first-order chi connectivity index (χ1) is 7.84. The van der Waals surface area contributed by atoms with E-state index < -0.39 is 32.5 Å². The monoisotopic (exact) mass is 262 g/mol. The molecule has 9 nitrogen and oxygen atoms in total. The zero-order chi connectivity index (χ0) is 13.1. The number of sulfonamides is 1. The van der Waals surface area contributed by atoms with Gasteiger partial charge in [-0.2, -0.15) is 5.10 Å². The molecule has 1 aromatic heterocycles. The first kappa shape index (κ1) is 13.1. The first-order valence-corrected chi connectivity index (χ1v) is 5.87. The number of primary amides is 1. The third kappa shape index (κ3) is 3.26. The number of hydrogen-bond donors (Lipinski definition) is 4. The molecule has 0 fully saturated rings. The van der Waals surface area contributed by atoms with Crippen molar-refractivity contribution >= 4 is 21.9 Å². The molecule has 0 saturated carbocycles. The molecule has 0 aromatic carbocycles. The predicted octanol–water partition coefficient (Wildman–Crippen LogP) is -1.74. The van der Waals surface area contributed by atoms with Crippen LogP contribution in [0.15, 0.2) is 11.2 Å². The molecule has 0 aliphatic heterocycles. The molecule has 10 heteroatoms. The Labute approximate surface area is 96.1 Å². The van der Waals surface area contributed by atoms with Crippen molar-refractivity contribution in [2.45, 2.75) is 11.4 Å². The van der Waals surface area contributed by atoms with E-state index in [1.165, 1.54) is 0 Å². The Morgan fingerprint density at radius 3 is 2.71 bits per heavy atom. The smallest absolute Gasteiger partial charge is 0.340 e. The number of aromatic amines is 1. The number of hydrogen-bond acceptors (Lipinski definition) is 5. The van der Waals surface area contributed by atoms with Gasteiger partial charge >= 0.3 is 5.97 Å². The number of carboxylic acids is 1. The maximum Gasteiger partial charge on any atom is 0.340 e. The van der Waals surface area contributed by atoms with Gasteiger partial charge in [0.05, 0.1) is 6.20 Å². The van der Waals surface area contributed by atoms with E-state index in [-0.39, 0.29) is 13.0 Å². The van der Waals surface area contributed by atoms with Crippen LogP contribution in [0.3, 0.4) is 0 Å². The van der Waals surface area contributed by atoms with E-state index >= 15 is 0 Å². The van der Waals surface area contributed by atoms with E-state index in [0.29, 0.717) is 0 Å². The zero-order valence-electron chi connectivity index (χ0n) is 8.50. The highest BCUT2D eigenvalue weighted by Gasteiger charge is 2.24. The lowest BCUT2D eigenvalue weighted by atomic mass is 10.4. The first-order valence-electron chi connectivity index (χ1n) is 4.39. The number of amides is 1. The van der Waals surface area contributed by atoms with Crippen LogP contribution in [-0.2, 0) is 14.8 Å². The molecule has 94 valence electrons. The molecular formula is C7H10N4O5S. The SMILES string of the molecule is NC(=O)CCNS(=O)(=O)c1[nH]ncc1C(=O)O. The van der Waals surface area contributed by atoms with E-state index in [1.807, 2.05) is 4.72 Å². The Morgan fingerprint density at radius 1 is 1.53 bits per heavy atom. The number of aromatic nitrogens is 2. The standard InChI is InChI=1S/C7H10N4O5S/c8-5(12)1-2-10-17(15,16)6-4(7(13)14)3-9-11-6/h3,10H,1-2H2,(H2,8,12)(H,9,11)(H,13,14). The van der Waals surface area contributed by atoms with Gasteiger partial charge in [0.1, 0.15) is 5.56 Å². The summed E-state index contributed by atoms with van der Waals surface area (Å²) in [6, 6.07) is 0. The second-order valence-electron chi connectivity index (χ2n) is 3.03. The molecule has 0 unspecified atom stereocenters. The molecule has 1 amide bonds. The molecule has 17 heavy (non-hydrogen) atoms. The van der Waals surface area contributed by atoms with Crippen molar-refractivity contribution in [3.05, 3.63) is 11.8 Å². The van der Waals surface area contributed by atoms with Crippen molar-refractivity contribution in [3.63, 3.8) is 0 Å². The highest BCUT2D eigenvalue weighted by atomic mass is 32.2. The number of nitrogens with two attached hydrogens (primary N) is 1. The number of carbonyl (C=O) groups excluding carboxylic acids is 1. The van der Waals surface area contributed by atoms with E-state index in [4.69, 9.17) is 10.8 Å². The number of aromatic carboxylic acids is 1. The number of nitrogens with one attached hydrogen (secondary N) is 2. The van der Waals surface area contributed by atoms with Crippen molar-refractivity contribution in [1.29, 1.82) is 0 Å². The quantitative estimate of drug-likeness (QED) is 0.477. The lowest BCUT2D eigenvalue weighted by molar-refractivity contribution is -0.117. The second kappa shape index (κ2) is 4.93. The third-order valence-corrected chi connectivity index (χ3v) is 3.20. The minimum Gasteiger partial charge on any atom is -0.478 e. The summed E-state index contributed by atoms with van der Waals surface area (Å²) in [6.07, 6.45) is 0.695. The largest absolute Gasteiger partial charge is 0.478 e. The maximum absolute atomic E-state index is 11.6. The van der Waals surface area contributed by atoms with E-state index in [2.05, 4.69) is 10.2 Å². The average molecular weight is 262 g/mol. The highest BCUT2D eigenvalue weighted by molar-refractivity contribution is 7.89. The van der Waals surface area contributed by atoms with Crippen LogP contribution < -0.4 is 10.5 Å². The second-order valence-corrected chi connectivity index (χ2v) is 4.74. The van der Waals surface area contributed by atoms with E-state index in [0.717, 1.165) is 6.20 Å². The summed E-state index contributed by atoms with van der Waals surface area (Å²) < 4.78 is 25.2. The Morgan fingerprint density at radius 2 is 2.18 bits per heavy atom. The van der Waals surface area contributed by atoms with Crippen molar-refractivity contribution in [2.24, 2.45) is 5.73 Å². The average Bonchev–Trinajstić information content (AvgIpc) is 2.65. The van der Waals surface area contributed by atoms with Crippen LogP contribution in [0.1, 0.15) is 16.8 Å². The molecule has 0 spiro atoms. The van der Waals surface area contributed by atoms with Crippen LogP contribution in [0.5, 0.6) is 0 Å². The van der Waals surface area contributed by atoms with Crippen LogP contribution in [-0.4, -0.2) is 42.1 Å². The molecular weight excluding hydrogens is 252 g/mol. The molecule has 0 saturated heterocycles. The van der Waals surface area contributed by atoms with Gasteiger partial charge in [0.2, 0.25) is 5.91 Å². The number of carbonyl (C=O) groups is 2. The van der Waals surface area contributed by atoms with E-state index in [9.17, 15) is 18.0 Å². The number of H-pyrrole nitrogens is 1. The Hall–Kier alpha value is -1.94. The van der Waals surface area contributed by atoms with Gasteiger partial charge < -0.3 is 10.8 Å². The van der Waals surface area contributed by atoms with Gasteiger partial charge in [0.25, 0.3) is 10.0 Å². The molecule has 0 aliphatic rings. The van der Waals surface area contributed by atoms with Crippen LogP contribution >= 0.6 is 0 Å². The third-order valence-electron chi connectivity index (χ3n) is 1.77. The van der Waals surface area contributed by atoms with Crippen LogP contribution in [0, 0.1) is 0 Å². The fraction of sp³-hybridized carbons (Fsp3) is 0.286. The summed E-state index contributed by atoms with van der Waals surface area (Å²) >= 11 is 0. The fourth-order valence-corrected chi connectivity index (χ4v) is 2.13. The lowest BCUT2D eigenvalue weighted by Gasteiger charge is -2.03. The van der Waals surface area contributed by atoms with Crippen LogP contribution in [0.4, 0.5) is 0 Å². The Kier molecular flexibility index (Phi) is 3.81. The maximum atomic E-state index is 11.6. The minimum absolute atomic E-state index is 0.185. The summed E-state index contributed by atoms with van der Waals surface area (Å²) in [5, 5.41) is 13.5. The molecule has 1 heterocycles. The normalized spacial score (nSPS) is 11.3. The summed E-state index contributed by atoms with van der Waals surface area (Å²) in [5.41, 5.74) is 4.36. The highest BCUT2D eigenvalue weighted by Crippen LogP contribution is 2.11. The van der Waals surface area contributed by atoms with E-state index in [1.54, 1.807) is 0 Å². The zero-order valence-corrected chi connectivity index (χ0v) is 9.32. The summed E-state index contributed by atoms with van der Waals surface area (Å²) in [7, 11) is -4.04. The van der Waals surface area contributed by atoms with Gasteiger partial charge in [-0.25, -0.2) is 17.9 Å². The molecule has 0 aliphatic carbocycles. The fourth-order valence-electron chi connectivity index (χ4n) is 1.01. The van der Waals surface area contributed by atoms with Crippen LogP contribution in [0.25, 0.3) is 0 Å². The summed E-state index contributed by atoms with van der Waals surface area (Å²) in [5.74, 6) is -2.09. The Bertz CT molecular complexity index is 534. The van der Waals surface area contributed by atoms with Crippen molar-refractivity contribution in [3.8, 4) is 0 Å². The number of carboxylic acid groups (broad SMARTS) is 1. The van der Waals surface area contributed by atoms with Gasteiger partial charge in [-0.3, -0.25) is 9.89 Å². The van der Waals surface area contributed by atoms with Gasteiger partial charge in [0.15, 0.2) is 5.03 Å². The van der Waals surface area contributed by atoms with Crippen LogP contribution in [0.2, 0.25) is 0 Å². The minimum atomic E-state index is -4.04. The van der Waals surface area contributed by atoms with Crippen molar-refractivity contribution in [2.75, 3.05) is 6.54 Å². The van der Waals surface area contributed by atoms with Gasteiger partial charge in [0, 0.05) is 13.0 Å². The van der Waals surface area contributed by atoms with Gasteiger partial charge in [-0.15, -0.1) is 0 Å². The lowest BCUT2D eigenvalue weighted by Crippen LogP contribution is -2.29. The number of nitrogens with zero attached hydrogens (tertiary/aromatic N) is 1. The van der Waals surface area contributed by atoms with Gasteiger partial charge in [-0.05, 0) is 0 Å². The molecule has 0 radical (unpaired) electrons. The molecule has 0 atom stereocenters. The number of rotatable bonds is 6. The topological polar surface area (TPSA) is 155 Å².